The minimum atomic E-state index is -0.257. The quantitative estimate of drug-likeness (QED) is 0.286. The molecule has 2 aromatic heterocycles. The summed E-state index contributed by atoms with van der Waals surface area (Å²) in [6.45, 7) is 8.13. The van der Waals surface area contributed by atoms with Gasteiger partial charge in [-0.25, -0.2) is 14.6 Å². The van der Waals surface area contributed by atoms with Gasteiger partial charge in [-0.2, -0.15) is 5.26 Å². The minimum absolute atomic E-state index is 0.257. The van der Waals surface area contributed by atoms with Crippen LogP contribution in [0.4, 0.5) is 17.3 Å². The van der Waals surface area contributed by atoms with Gasteiger partial charge in [0.1, 0.15) is 30.0 Å². The lowest BCUT2D eigenvalue weighted by Gasteiger charge is -2.40. The van der Waals surface area contributed by atoms with Crippen LogP contribution < -0.4 is 19.7 Å². The molecule has 0 radical (unpaired) electrons. The van der Waals surface area contributed by atoms with Crippen molar-refractivity contribution in [2.45, 2.75) is 38.5 Å². The highest BCUT2D eigenvalue weighted by atomic mass is 16.5. The summed E-state index contributed by atoms with van der Waals surface area (Å²) in [6.07, 6.45) is 7.04. The number of nitriles is 1. The number of anilines is 3. The van der Waals surface area contributed by atoms with E-state index in [1.807, 2.05) is 25.1 Å². The Hall–Kier alpha value is -4.80. The Morgan fingerprint density at radius 2 is 1.82 bits per heavy atom. The van der Waals surface area contributed by atoms with Gasteiger partial charge in [-0.15, -0.1) is 5.10 Å². The number of morpholine rings is 1. The van der Waals surface area contributed by atoms with E-state index in [-0.39, 0.29) is 6.10 Å². The van der Waals surface area contributed by atoms with Gasteiger partial charge in [-0.3, -0.25) is 4.90 Å². The summed E-state index contributed by atoms with van der Waals surface area (Å²) in [6, 6.07) is 14.4. The highest BCUT2D eigenvalue weighted by Gasteiger charge is 2.26. The Bertz CT molecular complexity index is 1560. The van der Waals surface area contributed by atoms with E-state index in [1.54, 1.807) is 30.3 Å². The van der Waals surface area contributed by atoms with Crippen LogP contribution in [0.5, 0.6) is 11.5 Å². The second-order valence-corrected chi connectivity index (χ2v) is 11.0. The molecule has 0 saturated carbocycles. The van der Waals surface area contributed by atoms with Gasteiger partial charge in [0.2, 0.25) is 5.95 Å². The Balaban J connectivity index is 1.10. The molecule has 1 N–H and O–H groups in total. The van der Waals surface area contributed by atoms with Crippen molar-refractivity contribution < 1.29 is 14.2 Å². The molecule has 2 aliphatic heterocycles. The van der Waals surface area contributed by atoms with Crippen LogP contribution in [-0.4, -0.2) is 93.7 Å². The van der Waals surface area contributed by atoms with Gasteiger partial charge in [0.05, 0.1) is 38.1 Å². The molecule has 0 spiro atoms. The molecular formula is C31H36N10O3. The molecule has 2 aliphatic rings. The zero-order chi connectivity index (χ0) is 30.3. The zero-order valence-corrected chi connectivity index (χ0v) is 25.0. The third kappa shape index (κ3) is 6.88. The number of ether oxygens (including phenoxy) is 3. The topological polar surface area (TPSA) is 139 Å². The summed E-state index contributed by atoms with van der Waals surface area (Å²) in [5.41, 5.74) is 4.00. The highest BCUT2D eigenvalue weighted by Crippen LogP contribution is 2.33. The number of nitrogens with zero attached hydrogens (tertiary/aromatic N) is 9. The van der Waals surface area contributed by atoms with Crippen LogP contribution in [0.2, 0.25) is 0 Å². The molecule has 1 unspecified atom stereocenters. The maximum absolute atomic E-state index is 9.60. The predicted molar refractivity (Wildman–Crippen MR) is 164 cm³/mol. The molecule has 0 bridgehead atoms. The van der Waals surface area contributed by atoms with Crippen molar-refractivity contribution in [3.63, 3.8) is 0 Å². The van der Waals surface area contributed by atoms with Crippen molar-refractivity contribution >= 4 is 17.3 Å². The number of benzene rings is 2. The molecule has 1 atom stereocenters. The summed E-state index contributed by atoms with van der Waals surface area (Å²) >= 11 is 0. The van der Waals surface area contributed by atoms with E-state index in [0.29, 0.717) is 29.8 Å². The Morgan fingerprint density at radius 3 is 2.52 bits per heavy atom. The maximum Gasteiger partial charge on any atom is 0.227 e. The average molecular weight is 597 g/mol. The SMILES string of the molecule is COc1cc(N2CCC(N3CCOCC3)CC2)ccc1Nc1ncc(-c2ccc(C#N)c(OC(C)Cn3cnnn3)c2)cn1. The molecule has 2 saturated heterocycles. The van der Waals surface area contributed by atoms with Crippen molar-refractivity contribution in [2.75, 3.05) is 56.7 Å². The van der Waals surface area contributed by atoms with Crippen molar-refractivity contribution in [3.05, 3.63) is 60.7 Å². The fourth-order valence-electron chi connectivity index (χ4n) is 5.75. The van der Waals surface area contributed by atoms with Gasteiger partial charge >= 0.3 is 0 Å². The summed E-state index contributed by atoms with van der Waals surface area (Å²) in [7, 11) is 1.67. The molecular weight excluding hydrogens is 560 g/mol. The molecule has 44 heavy (non-hydrogen) atoms. The lowest BCUT2D eigenvalue weighted by Crippen LogP contribution is -2.49. The number of hydrogen-bond acceptors (Lipinski definition) is 12. The van der Waals surface area contributed by atoms with Gasteiger partial charge in [-0.1, -0.05) is 6.07 Å². The number of nitrogens with one attached hydrogen (secondary N) is 1. The number of rotatable bonds is 10. The lowest BCUT2D eigenvalue weighted by atomic mass is 10.0. The number of aromatic nitrogens is 6. The predicted octanol–water partition coefficient (Wildman–Crippen LogP) is 3.52. The van der Waals surface area contributed by atoms with Gasteiger partial charge in [-0.05, 0) is 60.0 Å². The van der Waals surface area contributed by atoms with E-state index in [2.05, 4.69) is 58.8 Å². The van der Waals surface area contributed by atoms with Crippen molar-refractivity contribution in [2.24, 2.45) is 0 Å². The molecule has 4 aromatic rings. The monoisotopic (exact) mass is 596 g/mol. The Labute approximate surface area is 256 Å². The smallest absolute Gasteiger partial charge is 0.227 e. The molecule has 2 fully saturated rings. The summed E-state index contributed by atoms with van der Waals surface area (Å²) < 4.78 is 18.9. The fourth-order valence-corrected chi connectivity index (χ4v) is 5.75. The lowest BCUT2D eigenvalue weighted by molar-refractivity contribution is 0.0115. The average Bonchev–Trinajstić information content (AvgIpc) is 3.58. The number of hydrogen-bond donors (Lipinski definition) is 1. The fraction of sp³-hybridized carbons (Fsp3) is 0.419. The number of piperidine rings is 1. The molecule has 13 heteroatoms. The van der Waals surface area contributed by atoms with E-state index in [1.165, 1.54) is 6.33 Å². The molecule has 4 heterocycles. The van der Waals surface area contributed by atoms with E-state index >= 15 is 0 Å². The van der Waals surface area contributed by atoms with Crippen molar-refractivity contribution in [3.8, 4) is 28.7 Å². The molecule has 0 amide bonds. The first-order chi connectivity index (χ1) is 21.6. The van der Waals surface area contributed by atoms with Crippen LogP contribution in [-0.2, 0) is 11.3 Å². The highest BCUT2D eigenvalue weighted by molar-refractivity contribution is 5.70. The van der Waals surface area contributed by atoms with Crippen LogP contribution in [0.3, 0.4) is 0 Å². The first-order valence-corrected chi connectivity index (χ1v) is 14.9. The van der Waals surface area contributed by atoms with Gasteiger partial charge in [0, 0.05) is 61.9 Å². The molecule has 228 valence electrons. The van der Waals surface area contributed by atoms with E-state index < -0.39 is 0 Å². The normalized spacial score (nSPS) is 16.7. The third-order valence-electron chi connectivity index (χ3n) is 8.07. The van der Waals surface area contributed by atoms with E-state index in [0.717, 1.165) is 80.5 Å². The van der Waals surface area contributed by atoms with Gasteiger partial charge in [0.25, 0.3) is 0 Å². The van der Waals surface area contributed by atoms with Crippen LogP contribution in [0.1, 0.15) is 25.3 Å². The zero-order valence-electron chi connectivity index (χ0n) is 25.0. The van der Waals surface area contributed by atoms with E-state index in [4.69, 9.17) is 14.2 Å². The van der Waals surface area contributed by atoms with Crippen molar-refractivity contribution in [1.29, 1.82) is 5.26 Å². The Kier molecular flexibility index (Phi) is 9.09. The first kappa shape index (κ1) is 29.3. The van der Waals surface area contributed by atoms with Crippen molar-refractivity contribution in [1.82, 2.24) is 35.1 Å². The molecule has 2 aromatic carbocycles. The second-order valence-electron chi connectivity index (χ2n) is 11.0. The minimum Gasteiger partial charge on any atom is -0.494 e. The molecule has 0 aliphatic carbocycles. The van der Waals surface area contributed by atoms with E-state index in [9.17, 15) is 5.26 Å². The standard InChI is InChI=1S/C31H36N10O3/c1-22(20-41-21-35-37-38-41)44-29-15-23(3-4-24(29)17-32)25-18-33-31(34-19-25)36-28-6-5-27(16-30(28)42-2)39-9-7-26(8-10-39)40-11-13-43-14-12-40/h3-6,15-16,18-19,21-22,26H,7-14,20H2,1-2H3,(H,33,34,36). The summed E-state index contributed by atoms with van der Waals surface area (Å²) in [5, 5.41) is 24.0. The van der Waals surface area contributed by atoms with Crippen LogP contribution >= 0.6 is 0 Å². The summed E-state index contributed by atoms with van der Waals surface area (Å²) in [4.78, 5) is 14.1. The van der Waals surface area contributed by atoms with Crippen LogP contribution in [0.15, 0.2) is 55.1 Å². The first-order valence-electron chi connectivity index (χ1n) is 14.9. The third-order valence-corrected chi connectivity index (χ3v) is 8.07. The largest absolute Gasteiger partial charge is 0.494 e. The molecule has 6 rings (SSSR count). The molecule has 13 nitrogen and oxygen atoms in total. The Morgan fingerprint density at radius 1 is 1.02 bits per heavy atom. The number of methoxy groups -OCH3 is 1. The maximum atomic E-state index is 9.60. The van der Waals surface area contributed by atoms with Gasteiger partial charge in [0.15, 0.2) is 0 Å². The number of tetrazole rings is 1. The second kappa shape index (κ2) is 13.7. The van der Waals surface area contributed by atoms with Crippen LogP contribution in [0.25, 0.3) is 11.1 Å². The van der Waals surface area contributed by atoms with Crippen LogP contribution in [0, 0.1) is 11.3 Å². The van der Waals surface area contributed by atoms with Gasteiger partial charge < -0.3 is 24.4 Å². The summed E-state index contributed by atoms with van der Waals surface area (Å²) in [5.74, 6) is 1.66.